The van der Waals surface area contributed by atoms with Crippen molar-refractivity contribution in [2.45, 2.75) is 4.90 Å². The summed E-state index contributed by atoms with van der Waals surface area (Å²) >= 11 is 0.945. The zero-order valence-corrected chi connectivity index (χ0v) is 9.01. The molecular weight excluding hydrogens is 222 g/mol. The van der Waals surface area contributed by atoms with Gasteiger partial charge in [-0.05, 0) is 4.90 Å². The van der Waals surface area contributed by atoms with Crippen molar-refractivity contribution in [2.75, 3.05) is 0 Å². The number of hydrogen-bond donors (Lipinski definition) is 2. The van der Waals surface area contributed by atoms with Crippen LogP contribution in [-0.4, -0.2) is 14.6 Å². The molecule has 0 spiro atoms. The molecule has 0 unspecified atom stereocenters. The van der Waals surface area contributed by atoms with Crippen LogP contribution in [0.5, 0.6) is 0 Å². The van der Waals surface area contributed by atoms with Crippen molar-refractivity contribution in [1.29, 1.82) is 0 Å². The monoisotopic (exact) mass is 229 g/mol. The second kappa shape index (κ2) is 3.96. The van der Waals surface area contributed by atoms with Crippen molar-refractivity contribution in [2.24, 2.45) is 0 Å². The summed E-state index contributed by atoms with van der Waals surface area (Å²) < 4.78 is -1.15. The number of hydroxylamine groups is 2. The quantitative estimate of drug-likeness (QED) is 0.309. The fourth-order valence-electron chi connectivity index (χ4n) is 0.991. The first-order chi connectivity index (χ1) is 5.67. The van der Waals surface area contributed by atoms with Gasteiger partial charge < -0.3 is 0 Å². The second-order valence-electron chi connectivity index (χ2n) is 2.44. The molecular formula is C8H7NO2STi. The molecule has 1 heterocycles. The zero-order valence-electron chi connectivity index (χ0n) is 6.64. The fourth-order valence-corrected chi connectivity index (χ4v) is 1.77. The molecule has 2 rings (SSSR count). The number of benzene rings is 1. The van der Waals surface area contributed by atoms with Crippen LogP contribution in [0.15, 0.2) is 29.3 Å². The molecule has 1 aliphatic rings. The summed E-state index contributed by atoms with van der Waals surface area (Å²) in [7, 11) is 0. The van der Waals surface area contributed by atoms with Gasteiger partial charge in [-0.15, -0.1) is 29.8 Å². The summed E-state index contributed by atoms with van der Waals surface area (Å²) in [6.45, 7) is 0. The van der Waals surface area contributed by atoms with E-state index in [0.29, 0.717) is 0 Å². The Labute approximate surface area is 95.2 Å². The van der Waals surface area contributed by atoms with Crippen molar-refractivity contribution in [3.63, 3.8) is 0 Å². The third-order valence-corrected chi connectivity index (χ3v) is 2.46. The van der Waals surface area contributed by atoms with E-state index in [1.807, 2.05) is 12.1 Å². The van der Waals surface area contributed by atoms with E-state index in [9.17, 15) is 10.4 Å². The Kier molecular flexibility index (Phi) is 3.35. The van der Waals surface area contributed by atoms with E-state index < -0.39 is 4.21 Å². The molecule has 2 N–H and O–H groups in total. The molecule has 0 saturated heterocycles. The molecule has 0 saturated carbocycles. The SMILES string of the molecule is O[N+]1(O)C=Cc2[c-]cccc2S1.[Ti]. The van der Waals surface area contributed by atoms with Crippen LogP contribution in [0, 0.1) is 6.07 Å². The Balaban J connectivity index is 0.000000845. The first-order valence-electron chi connectivity index (χ1n) is 3.41. The van der Waals surface area contributed by atoms with Crippen LogP contribution in [0.1, 0.15) is 5.56 Å². The summed E-state index contributed by atoms with van der Waals surface area (Å²) in [6, 6.07) is 8.41. The van der Waals surface area contributed by atoms with Crippen LogP contribution in [0.4, 0.5) is 0 Å². The van der Waals surface area contributed by atoms with Crippen molar-refractivity contribution in [3.8, 4) is 0 Å². The van der Waals surface area contributed by atoms with E-state index >= 15 is 0 Å². The van der Waals surface area contributed by atoms with E-state index in [2.05, 4.69) is 6.07 Å². The third-order valence-electron chi connectivity index (χ3n) is 1.52. The van der Waals surface area contributed by atoms with Gasteiger partial charge in [0.2, 0.25) is 0 Å². The Morgan fingerprint density at radius 2 is 2.15 bits per heavy atom. The predicted octanol–water partition coefficient (Wildman–Crippen LogP) is 2.07. The molecule has 0 aromatic heterocycles. The molecule has 5 heteroatoms. The van der Waals surface area contributed by atoms with E-state index in [0.717, 1.165) is 22.4 Å². The smallest absolute Gasteiger partial charge is 0.138 e. The van der Waals surface area contributed by atoms with Gasteiger partial charge in [0, 0.05) is 25.9 Å². The number of fused-ring (bicyclic) bond motifs is 1. The number of nitrogens with zero attached hydrogens (tertiary/aromatic N) is 1. The van der Waals surface area contributed by atoms with Crippen LogP contribution in [0.3, 0.4) is 0 Å². The van der Waals surface area contributed by atoms with Gasteiger partial charge in [-0.3, -0.25) is 0 Å². The third kappa shape index (κ3) is 2.43. The summed E-state index contributed by atoms with van der Waals surface area (Å²) in [6.07, 6.45) is 2.91. The van der Waals surface area contributed by atoms with E-state index in [1.165, 1.54) is 6.20 Å². The average Bonchev–Trinajstić information content (AvgIpc) is 2.02. The van der Waals surface area contributed by atoms with Gasteiger partial charge in [-0.1, -0.05) is 6.08 Å². The molecule has 0 atom stereocenters. The van der Waals surface area contributed by atoms with Gasteiger partial charge in [0.25, 0.3) is 0 Å². The maximum absolute atomic E-state index is 9.18. The first-order valence-corrected chi connectivity index (χ1v) is 4.18. The van der Waals surface area contributed by atoms with Gasteiger partial charge >= 0.3 is 0 Å². The molecule has 0 radical (unpaired) electrons. The number of rotatable bonds is 0. The maximum atomic E-state index is 9.18. The average molecular weight is 229 g/mol. The number of hydrogen-bond acceptors (Lipinski definition) is 3. The predicted molar refractivity (Wildman–Crippen MR) is 44.0 cm³/mol. The summed E-state index contributed by atoms with van der Waals surface area (Å²) in [4.78, 5) is 0.810. The van der Waals surface area contributed by atoms with Crippen LogP contribution in [0.25, 0.3) is 6.08 Å². The van der Waals surface area contributed by atoms with Crippen LogP contribution >= 0.6 is 11.9 Å². The molecule has 0 aliphatic carbocycles. The Morgan fingerprint density at radius 3 is 2.92 bits per heavy atom. The topological polar surface area (TPSA) is 40.5 Å². The first kappa shape index (κ1) is 11.0. The summed E-state index contributed by atoms with van der Waals surface area (Å²) in [5.74, 6) is 0. The van der Waals surface area contributed by atoms with Crippen LogP contribution in [0.2, 0.25) is 0 Å². The minimum Gasteiger partial charge on any atom is -0.165 e. The summed E-state index contributed by atoms with van der Waals surface area (Å²) in [5.41, 5.74) is 0.888. The van der Waals surface area contributed by atoms with Gasteiger partial charge in [0.1, 0.15) is 18.1 Å². The largest absolute Gasteiger partial charge is 0.165 e. The Hall–Kier alpha value is -0.0957. The second-order valence-corrected chi connectivity index (χ2v) is 3.60. The number of quaternary nitrogens is 1. The van der Waals surface area contributed by atoms with Crippen molar-refractivity contribution in [3.05, 3.63) is 36.0 Å². The molecule has 13 heavy (non-hydrogen) atoms. The van der Waals surface area contributed by atoms with Crippen LogP contribution < -0.4 is 0 Å². The molecule has 0 amide bonds. The standard InChI is InChI=1S/C8H7NO2S.Ti/c10-9(11)6-5-7-3-1-2-4-8(7)12-9;/h1-2,4-6,10-11H;. The van der Waals surface area contributed by atoms with E-state index in [-0.39, 0.29) is 21.7 Å². The van der Waals surface area contributed by atoms with Crippen molar-refractivity contribution < 1.29 is 36.3 Å². The Morgan fingerprint density at radius 1 is 1.38 bits per heavy atom. The summed E-state index contributed by atoms with van der Waals surface area (Å²) in [5, 5.41) is 18.4. The molecule has 1 aromatic carbocycles. The van der Waals surface area contributed by atoms with Gasteiger partial charge in [0.05, 0.1) is 0 Å². The van der Waals surface area contributed by atoms with E-state index in [1.54, 1.807) is 12.1 Å². The Bertz CT molecular complexity index is 341. The molecule has 0 fully saturated rings. The van der Waals surface area contributed by atoms with Gasteiger partial charge in [0.15, 0.2) is 0 Å². The molecule has 1 aromatic rings. The fraction of sp³-hybridized carbons (Fsp3) is 0. The van der Waals surface area contributed by atoms with Gasteiger partial charge in [-0.2, -0.15) is 10.4 Å². The molecule has 3 nitrogen and oxygen atoms in total. The van der Waals surface area contributed by atoms with Crippen molar-refractivity contribution >= 4 is 18.0 Å². The normalized spacial score (nSPS) is 17.4. The maximum Gasteiger partial charge on any atom is 0.138 e. The van der Waals surface area contributed by atoms with Crippen LogP contribution in [-0.2, 0) is 21.7 Å². The van der Waals surface area contributed by atoms with E-state index in [4.69, 9.17) is 0 Å². The molecule has 66 valence electrons. The minimum atomic E-state index is -1.15. The van der Waals surface area contributed by atoms with Crippen molar-refractivity contribution in [1.82, 2.24) is 0 Å². The van der Waals surface area contributed by atoms with Gasteiger partial charge in [-0.25, -0.2) is 0 Å². The molecule has 0 bridgehead atoms. The minimum absolute atomic E-state index is 0. The zero-order chi connectivity index (χ0) is 8.60. The molecule has 1 aliphatic heterocycles.